The Hall–Kier alpha value is -3.89. The summed E-state index contributed by atoms with van der Waals surface area (Å²) in [7, 11) is 0. The summed E-state index contributed by atoms with van der Waals surface area (Å²) in [5, 5.41) is 12.3. The molecule has 1 amide bonds. The van der Waals surface area contributed by atoms with Gasteiger partial charge in [-0.2, -0.15) is 11.8 Å². The van der Waals surface area contributed by atoms with Gasteiger partial charge in [-0.05, 0) is 71.4 Å². The van der Waals surface area contributed by atoms with E-state index in [1.54, 1.807) is 48.7 Å². The van der Waals surface area contributed by atoms with Crippen LogP contribution in [0.5, 0.6) is 0 Å². The molecule has 4 aromatic rings. The predicted octanol–water partition coefficient (Wildman–Crippen LogP) is 3.40. The van der Waals surface area contributed by atoms with Crippen molar-refractivity contribution in [1.82, 2.24) is 10.3 Å². The van der Waals surface area contributed by atoms with Crippen LogP contribution >= 0.6 is 11.8 Å². The number of carbonyl (C=O) groups excluding carboxylic acids is 2. The number of nitrogens with one attached hydrogen (secondary N) is 1. The fourth-order valence-corrected chi connectivity index (χ4v) is 4.94. The molecule has 0 spiro atoms. The first-order valence-corrected chi connectivity index (χ1v) is 14.2. The summed E-state index contributed by atoms with van der Waals surface area (Å²) in [6.45, 7) is 6.25. The third-order valence-electron chi connectivity index (χ3n) is 6.65. The maximum absolute atomic E-state index is 13.4. The number of pyridine rings is 1. The molecule has 41 heavy (non-hydrogen) atoms. The van der Waals surface area contributed by atoms with Crippen LogP contribution in [0.3, 0.4) is 0 Å². The number of thioether (sulfide) groups is 1. The number of aryl methyl sites for hydroxylation is 1. The first-order chi connectivity index (χ1) is 19.3. The molecule has 0 unspecified atom stereocenters. The van der Waals surface area contributed by atoms with Gasteiger partial charge in [-0.25, -0.2) is 4.79 Å². The maximum Gasteiger partial charge on any atom is 1.00 e. The minimum Gasteiger partial charge on any atom is -1.00 e. The SMILES string of the molecule is C=C(c1ccc(C(=O)N[C@@H](CCSC)C(=O)O)c(-c2ccccc2C)c1)c1cccnc1C(=O)c1ccccc1.[H-].[Li+]. The third kappa shape index (κ3) is 7.45. The van der Waals surface area contributed by atoms with E-state index in [1.165, 1.54) is 11.8 Å². The molecule has 6 nitrogen and oxygen atoms in total. The van der Waals surface area contributed by atoms with Crippen LogP contribution in [0, 0.1) is 6.92 Å². The first-order valence-electron chi connectivity index (χ1n) is 12.8. The molecule has 0 aliphatic carbocycles. The standard InChI is InChI=1S/C33H30N2O4S.Li.H/c1-21-10-7-8-13-25(21)28-20-24(15-16-27(28)32(37)35-29(33(38)39)17-19-40-3)22(2)26-14-9-18-34-30(26)31(36)23-11-5-4-6-12-23;;/h4-16,18,20,29H,2,17,19H2,1,3H3,(H,35,37)(H,38,39);;/q;+1;-1/t29-;;/m0../s1. The van der Waals surface area contributed by atoms with Crippen LogP contribution in [-0.4, -0.2) is 45.8 Å². The minimum absolute atomic E-state index is 0. The molecule has 0 aliphatic heterocycles. The van der Waals surface area contributed by atoms with Crippen LogP contribution < -0.4 is 24.2 Å². The molecule has 0 saturated heterocycles. The van der Waals surface area contributed by atoms with Crippen molar-refractivity contribution in [1.29, 1.82) is 0 Å². The first kappa shape index (κ1) is 31.6. The Labute approximate surface area is 258 Å². The zero-order chi connectivity index (χ0) is 28.6. The van der Waals surface area contributed by atoms with Crippen molar-refractivity contribution in [3.63, 3.8) is 0 Å². The Morgan fingerprint density at radius 2 is 1.63 bits per heavy atom. The molecule has 204 valence electrons. The molecule has 1 aromatic heterocycles. The summed E-state index contributed by atoms with van der Waals surface area (Å²) in [4.78, 5) is 42.9. The average Bonchev–Trinajstić information content (AvgIpc) is 2.98. The average molecular weight is 559 g/mol. The molecule has 4 rings (SSSR count). The zero-order valence-corrected chi connectivity index (χ0v) is 24.2. The summed E-state index contributed by atoms with van der Waals surface area (Å²) in [6, 6.07) is 24.5. The van der Waals surface area contributed by atoms with Crippen molar-refractivity contribution < 1.29 is 39.8 Å². The van der Waals surface area contributed by atoms with Gasteiger partial charge in [-0.1, -0.05) is 73.3 Å². The van der Waals surface area contributed by atoms with E-state index in [-0.39, 0.29) is 31.8 Å². The number of hydrogen-bond acceptors (Lipinski definition) is 5. The number of aliphatic carboxylic acids is 1. The van der Waals surface area contributed by atoms with Crippen LogP contribution in [-0.2, 0) is 4.79 Å². The number of rotatable bonds is 11. The van der Waals surface area contributed by atoms with E-state index in [0.29, 0.717) is 45.6 Å². The van der Waals surface area contributed by atoms with Gasteiger partial charge in [0.2, 0.25) is 5.78 Å². The van der Waals surface area contributed by atoms with Crippen molar-refractivity contribution in [2.75, 3.05) is 12.0 Å². The molecule has 0 radical (unpaired) electrons. The van der Waals surface area contributed by atoms with E-state index in [0.717, 1.165) is 11.1 Å². The Kier molecular flexibility index (Phi) is 11.3. The molecule has 0 saturated carbocycles. The Morgan fingerprint density at radius 3 is 2.32 bits per heavy atom. The van der Waals surface area contributed by atoms with Gasteiger partial charge in [0.25, 0.3) is 5.91 Å². The summed E-state index contributed by atoms with van der Waals surface area (Å²) < 4.78 is 0. The molecule has 3 aromatic carbocycles. The molecular weight excluding hydrogens is 527 g/mol. The van der Waals surface area contributed by atoms with Gasteiger partial charge in [0.15, 0.2) is 0 Å². The second-order valence-electron chi connectivity index (χ2n) is 9.29. The van der Waals surface area contributed by atoms with Crippen LogP contribution in [0.1, 0.15) is 50.9 Å². The Morgan fingerprint density at radius 1 is 0.927 bits per heavy atom. The molecule has 0 aliphatic rings. The number of carbonyl (C=O) groups is 3. The van der Waals surface area contributed by atoms with E-state index in [4.69, 9.17) is 0 Å². The topological polar surface area (TPSA) is 96.4 Å². The number of hydrogen-bond donors (Lipinski definition) is 2. The second-order valence-corrected chi connectivity index (χ2v) is 10.3. The molecule has 8 heteroatoms. The van der Waals surface area contributed by atoms with Gasteiger partial charge in [-0.3, -0.25) is 14.6 Å². The van der Waals surface area contributed by atoms with Gasteiger partial charge in [0, 0.05) is 22.9 Å². The predicted molar refractivity (Wildman–Crippen MR) is 162 cm³/mol. The van der Waals surface area contributed by atoms with Crippen LogP contribution in [0.2, 0.25) is 0 Å². The second kappa shape index (κ2) is 14.7. The number of carboxylic acid groups (broad SMARTS) is 1. The number of nitrogens with zero attached hydrogens (tertiary/aromatic N) is 1. The zero-order valence-electron chi connectivity index (χ0n) is 24.4. The van der Waals surface area contributed by atoms with Crippen LogP contribution in [0.4, 0.5) is 0 Å². The third-order valence-corrected chi connectivity index (χ3v) is 7.29. The van der Waals surface area contributed by atoms with Crippen molar-refractivity contribution in [3.8, 4) is 11.1 Å². The van der Waals surface area contributed by atoms with E-state index < -0.39 is 17.9 Å². The van der Waals surface area contributed by atoms with Gasteiger partial charge >= 0.3 is 24.8 Å². The van der Waals surface area contributed by atoms with Gasteiger partial charge in [-0.15, -0.1) is 0 Å². The van der Waals surface area contributed by atoms with Crippen molar-refractivity contribution in [3.05, 3.63) is 131 Å². The van der Waals surface area contributed by atoms with Gasteiger partial charge < -0.3 is 11.8 Å². The largest absolute Gasteiger partial charge is 1.00 e. The maximum atomic E-state index is 13.4. The molecule has 2 N–H and O–H groups in total. The minimum atomic E-state index is -1.07. The Bertz CT molecular complexity index is 1580. The quantitative estimate of drug-likeness (QED) is 0.216. The Balaban J connectivity index is 0.00000308. The number of carboxylic acids is 1. The van der Waals surface area contributed by atoms with Crippen LogP contribution in [0.25, 0.3) is 16.7 Å². The molecular formula is C33H31LiN2O4S. The fraction of sp³-hybridized carbons (Fsp3) is 0.152. The monoisotopic (exact) mass is 558 g/mol. The van der Waals surface area contributed by atoms with E-state index in [9.17, 15) is 19.5 Å². The fourth-order valence-electron chi connectivity index (χ4n) is 4.47. The van der Waals surface area contributed by atoms with Crippen molar-refractivity contribution in [2.45, 2.75) is 19.4 Å². The van der Waals surface area contributed by atoms with E-state index in [2.05, 4.69) is 16.9 Å². The molecule has 0 fully saturated rings. The van der Waals surface area contributed by atoms with E-state index in [1.807, 2.05) is 55.6 Å². The summed E-state index contributed by atoms with van der Waals surface area (Å²) >= 11 is 1.52. The summed E-state index contributed by atoms with van der Waals surface area (Å²) in [5.74, 6) is -1.14. The summed E-state index contributed by atoms with van der Waals surface area (Å²) in [5.41, 5.74) is 5.49. The molecule has 1 heterocycles. The number of amides is 1. The van der Waals surface area contributed by atoms with Crippen molar-refractivity contribution in [2.24, 2.45) is 0 Å². The van der Waals surface area contributed by atoms with Crippen molar-refractivity contribution >= 4 is 35.0 Å². The number of ketones is 1. The van der Waals surface area contributed by atoms with Crippen LogP contribution in [0.15, 0.2) is 97.7 Å². The van der Waals surface area contributed by atoms with Gasteiger partial charge in [0.05, 0.1) is 0 Å². The molecule has 0 bridgehead atoms. The van der Waals surface area contributed by atoms with Gasteiger partial charge in [0.1, 0.15) is 11.7 Å². The van der Waals surface area contributed by atoms with E-state index >= 15 is 0 Å². The summed E-state index contributed by atoms with van der Waals surface area (Å²) in [6.07, 6.45) is 3.79. The normalized spacial score (nSPS) is 11.2. The molecule has 1 atom stereocenters. The number of benzene rings is 3. The number of aromatic nitrogens is 1. The smallest absolute Gasteiger partial charge is 1.00 e.